The average Bonchev–Trinajstić information content (AvgIpc) is 3.09. The molecule has 4 rings (SSSR count). The molecule has 1 saturated heterocycles. The fourth-order valence-electron chi connectivity index (χ4n) is 4.20. The standard InChI is InChI=1S/C15H21N5O/c1-19-10-18-13-12(19)14(17-9-16-13)20-6-11-4-2-3-5-15(11,7-20)8-21/h9-11,21H,2-8H2,1H3. The topological polar surface area (TPSA) is 67.1 Å². The van der Waals surface area contributed by atoms with Crippen LogP contribution in [0.1, 0.15) is 25.7 Å². The fraction of sp³-hybridized carbons (Fsp3) is 0.667. The first kappa shape index (κ1) is 13.0. The van der Waals surface area contributed by atoms with Gasteiger partial charge in [-0.25, -0.2) is 15.0 Å². The number of rotatable bonds is 2. The van der Waals surface area contributed by atoms with Crippen LogP contribution >= 0.6 is 0 Å². The van der Waals surface area contributed by atoms with Crippen molar-refractivity contribution in [1.82, 2.24) is 19.5 Å². The summed E-state index contributed by atoms with van der Waals surface area (Å²) < 4.78 is 1.98. The van der Waals surface area contributed by atoms with Gasteiger partial charge >= 0.3 is 0 Å². The zero-order chi connectivity index (χ0) is 14.4. The number of fused-ring (bicyclic) bond motifs is 2. The van der Waals surface area contributed by atoms with Crippen LogP contribution in [0.2, 0.25) is 0 Å². The van der Waals surface area contributed by atoms with Gasteiger partial charge < -0.3 is 14.6 Å². The number of aliphatic hydroxyl groups excluding tert-OH is 1. The Morgan fingerprint density at radius 2 is 2.24 bits per heavy atom. The van der Waals surface area contributed by atoms with Crippen LogP contribution in [0, 0.1) is 11.3 Å². The third-order valence-corrected chi connectivity index (χ3v) is 5.39. The van der Waals surface area contributed by atoms with Crippen LogP contribution in [0.4, 0.5) is 5.82 Å². The van der Waals surface area contributed by atoms with E-state index in [9.17, 15) is 5.11 Å². The third kappa shape index (κ3) is 1.85. The van der Waals surface area contributed by atoms with Crippen molar-refractivity contribution in [1.29, 1.82) is 0 Å². The third-order valence-electron chi connectivity index (χ3n) is 5.39. The number of anilines is 1. The summed E-state index contributed by atoms with van der Waals surface area (Å²) in [4.78, 5) is 15.4. The molecular weight excluding hydrogens is 266 g/mol. The van der Waals surface area contributed by atoms with E-state index in [2.05, 4.69) is 19.9 Å². The van der Waals surface area contributed by atoms with Crippen LogP contribution in [0.15, 0.2) is 12.7 Å². The zero-order valence-corrected chi connectivity index (χ0v) is 12.4. The number of aliphatic hydroxyl groups is 1. The van der Waals surface area contributed by atoms with Crippen LogP contribution in [-0.2, 0) is 7.05 Å². The minimum Gasteiger partial charge on any atom is -0.396 e. The summed E-state index contributed by atoms with van der Waals surface area (Å²) in [6.45, 7) is 2.16. The van der Waals surface area contributed by atoms with Crippen LogP contribution < -0.4 is 4.90 Å². The summed E-state index contributed by atoms with van der Waals surface area (Å²) in [5.41, 5.74) is 1.80. The maximum atomic E-state index is 9.97. The van der Waals surface area contributed by atoms with Crippen LogP contribution in [0.25, 0.3) is 11.2 Å². The van der Waals surface area contributed by atoms with Crippen molar-refractivity contribution >= 4 is 17.0 Å². The highest BCUT2D eigenvalue weighted by atomic mass is 16.3. The molecule has 0 bridgehead atoms. The Balaban J connectivity index is 1.75. The maximum absolute atomic E-state index is 9.97. The van der Waals surface area contributed by atoms with E-state index < -0.39 is 0 Å². The molecule has 2 aliphatic rings. The lowest BCUT2D eigenvalue weighted by molar-refractivity contribution is 0.0626. The molecule has 6 nitrogen and oxygen atoms in total. The Morgan fingerprint density at radius 1 is 1.33 bits per heavy atom. The second-order valence-electron chi connectivity index (χ2n) is 6.57. The van der Waals surface area contributed by atoms with Crippen molar-refractivity contribution in [3.05, 3.63) is 12.7 Å². The lowest BCUT2D eigenvalue weighted by atomic mass is 9.69. The molecule has 6 heteroatoms. The van der Waals surface area contributed by atoms with Gasteiger partial charge in [-0.2, -0.15) is 0 Å². The van der Waals surface area contributed by atoms with E-state index in [0.29, 0.717) is 5.92 Å². The SMILES string of the molecule is Cn1cnc2ncnc(N3CC4CCCCC4(CO)C3)c21. The number of hydrogen-bond donors (Lipinski definition) is 1. The highest BCUT2D eigenvalue weighted by molar-refractivity contribution is 5.83. The maximum Gasteiger partial charge on any atom is 0.182 e. The molecule has 1 saturated carbocycles. The first-order valence-corrected chi connectivity index (χ1v) is 7.71. The number of imidazole rings is 1. The molecule has 0 aromatic carbocycles. The van der Waals surface area contributed by atoms with E-state index in [1.165, 1.54) is 19.3 Å². The lowest BCUT2D eigenvalue weighted by Crippen LogP contribution is -2.37. The van der Waals surface area contributed by atoms with Gasteiger partial charge in [0, 0.05) is 25.6 Å². The second kappa shape index (κ2) is 4.66. The van der Waals surface area contributed by atoms with E-state index in [1.807, 2.05) is 11.6 Å². The number of nitrogens with zero attached hydrogens (tertiary/aromatic N) is 5. The summed E-state index contributed by atoms with van der Waals surface area (Å²) in [5.74, 6) is 1.54. The van der Waals surface area contributed by atoms with Crippen LogP contribution in [0.5, 0.6) is 0 Å². The van der Waals surface area contributed by atoms with E-state index in [1.54, 1.807) is 12.7 Å². The van der Waals surface area contributed by atoms with E-state index in [-0.39, 0.29) is 12.0 Å². The molecule has 2 unspecified atom stereocenters. The summed E-state index contributed by atoms with van der Waals surface area (Å²) in [7, 11) is 1.98. The smallest absolute Gasteiger partial charge is 0.182 e. The van der Waals surface area contributed by atoms with Crippen LogP contribution in [0.3, 0.4) is 0 Å². The Bertz CT molecular complexity index is 669. The first-order valence-electron chi connectivity index (χ1n) is 7.71. The molecule has 2 atom stereocenters. The molecule has 3 heterocycles. The fourth-order valence-corrected chi connectivity index (χ4v) is 4.20. The molecular formula is C15H21N5O. The molecule has 1 aliphatic heterocycles. The lowest BCUT2D eigenvalue weighted by Gasteiger charge is -2.36. The summed E-state index contributed by atoms with van der Waals surface area (Å²) in [6, 6.07) is 0. The molecule has 1 N–H and O–H groups in total. The van der Waals surface area contributed by atoms with Crippen molar-refractivity contribution in [2.75, 3.05) is 24.6 Å². The number of hydrogen-bond acceptors (Lipinski definition) is 5. The van der Waals surface area contributed by atoms with Gasteiger partial charge in [-0.15, -0.1) is 0 Å². The van der Waals surface area contributed by atoms with Crippen molar-refractivity contribution in [2.24, 2.45) is 18.4 Å². The molecule has 0 radical (unpaired) electrons. The second-order valence-corrected chi connectivity index (χ2v) is 6.57. The summed E-state index contributed by atoms with van der Waals surface area (Å²) in [5, 5.41) is 9.97. The van der Waals surface area contributed by atoms with Gasteiger partial charge in [-0.3, -0.25) is 0 Å². The molecule has 2 aromatic heterocycles. The predicted molar refractivity (Wildman–Crippen MR) is 80.0 cm³/mol. The molecule has 1 aliphatic carbocycles. The van der Waals surface area contributed by atoms with Gasteiger partial charge in [-0.05, 0) is 18.8 Å². The number of aryl methyl sites for hydroxylation is 1. The van der Waals surface area contributed by atoms with Crippen molar-refractivity contribution < 1.29 is 5.11 Å². The molecule has 2 aromatic rings. The molecule has 2 fully saturated rings. The highest BCUT2D eigenvalue weighted by Crippen LogP contribution is 2.47. The van der Waals surface area contributed by atoms with Gasteiger partial charge in [0.15, 0.2) is 11.5 Å². The largest absolute Gasteiger partial charge is 0.396 e. The normalized spacial score (nSPS) is 29.0. The first-order chi connectivity index (χ1) is 10.2. The van der Waals surface area contributed by atoms with Gasteiger partial charge in [-0.1, -0.05) is 12.8 Å². The van der Waals surface area contributed by atoms with Gasteiger partial charge in [0.05, 0.1) is 12.9 Å². The minimum atomic E-state index is 0.0636. The van der Waals surface area contributed by atoms with Gasteiger partial charge in [0.25, 0.3) is 0 Å². The highest BCUT2D eigenvalue weighted by Gasteiger charge is 2.47. The Morgan fingerprint density at radius 3 is 3.05 bits per heavy atom. The quantitative estimate of drug-likeness (QED) is 0.903. The van der Waals surface area contributed by atoms with Crippen molar-refractivity contribution in [3.63, 3.8) is 0 Å². The number of aromatic nitrogens is 4. The van der Waals surface area contributed by atoms with Gasteiger partial charge in [0.2, 0.25) is 0 Å². The molecule has 0 amide bonds. The van der Waals surface area contributed by atoms with Gasteiger partial charge in [0.1, 0.15) is 11.8 Å². The van der Waals surface area contributed by atoms with Crippen molar-refractivity contribution in [3.8, 4) is 0 Å². The average molecular weight is 287 g/mol. The van der Waals surface area contributed by atoms with E-state index >= 15 is 0 Å². The Hall–Kier alpha value is -1.69. The molecule has 112 valence electrons. The Kier molecular flexibility index (Phi) is 2.89. The summed E-state index contributed by atoms with van der Waals surface area (Å²) in [6.07, 6.45) is 8.24. The van der Waals surface area contributed by atoms with E-state index in [4.69, 9.17) is 0 Å². The Labute approximate surface area is 123 Å². The molecule has 0 spiro atoms. The predicted octanol–water partition coefficient (Wildman–Crippen LogP) is 1.35. The van der Waals surface area contributed by atoms with Crippen molar-refractivity contribution in [2.45, 2.75) is 25.7 Å². The van der Waals surface area contributed by atoms with E-state index in [0.717, 1.165) is 36.5 Å². The minimum absolute atomic E-state index is 0.0636. The monoisotopic (exact) mass is 287 g/mol. The van der Waals surface area contributed by atoms with Crippen LogP contribution in [-0.4, -0.2) is 44.3 Å². The molecule has 21 heavy (non-hydrogen) atoms. The zero-order valence-electron chi connectivity index (χ0n) is 12.4. The summed E-state index contributed by atoms with van der Waals surface area (Å²) >= 11 is 0.